The molecule has 0 aliphatic heterocycles. The molecule has 84 valence electrons. The van der Waals surface area contributed by atoms with Gasteiger partial charge in [0.2, 0.25) is 0 Å². The van der Waals surface area contributed by atoms with Crippen molar-refractivity contribution in [3.63, 3.8) is 0 Å². The normalized spacial score (nSPS) is 11.0. The first kappa shape index (κ1) is 12.1. The molecule has 0 amide bonds. The zero-order chi connectivity index (χ0) is 12.1. The summed E-state index contributed by atoms with van der Waals surface area (Å²) in [6.45, 7) is 1.24. The molecule has 7 heteroatoms. The number of nitro groups is 1. The lowest BCUT2D eigenvalue weighted by atomic mass is 10.3. The third-order valence-corrected chi connectivity index (χ3v) is 2.02. The first-order chi connectivity index (χ1) is 7.52. The quantitative estimate of drug-likeness (QED) is 0.497. The van der Waals surface area contributed by atoms with Gasteiger partial charge in [-0.15, -0.1) is 0 Å². The van der Waals surface area contributed by atoms with E-state index in [0.29, 0.717) is 0 Å². The number of halogens is 1. The van der Waals surface area contributed by atoms with Crippen molar-refractivity contribution >= 4 is 33.9 Å². The standard InChI is InChI=1S/C9H8ClN3O3/c1-6(14)9(10)12-11-7-4-2-3-5-8(7)13(15)16/h2-5,11H,1H3/b12-9+. The molecule has 0 unspecified atom stereocenters. The maximum absolute atomic E-state index is 10.7. The lowest BCUT2D eigenvalue weighted by Gasteiger charge is -2.01. The largest absolute Gasteiger partial charge is 0.294 e. The Balaban J connectivity index is 2.94. The van der Waals surface area contributed by atoms with Gasteiger partial charge in [0.15, 0.2) is 11.0 Å². The summed E-state index contributed by atoms with van der Waals surface area (Å²) in [5.41, 5.74) is 2.40. The van der Waals surface area contributed by atoms with Crippen molar-refractivity contribution in [2.75, 3.05) is 5.43 Å². The van der Waals surface area contributed by atoms with E-state index in [4.69, 9.17) is 11.6 Å². The molecule has 1 N–H and O–H groups in total. The van der Waals surface area contributed by atoms with Crippen molar-refractivity contribution in [2.24, 2.45) is 5.10 Å². The van der Waals surface area contributed by atoms with Crippen LogP contribution in [-0.4, -0.2) is 15.9 Å². The van der Waals surface area contributed by atoms with Crippen LogP contribution in [-0.2, 0) is 4.79 Å². The van der Waals surface area contributed by atoms with Gasteiger partial charge >= 0.3 is 0 Å². The fraction of sp³-hybridized carbons (Fsp3) is 0.111. The van der Waals surface area contributed by atoms with Gasteiger partial charge in [-0.25, -0.2) is 0 Å². The van der Waals surface area contributed by atoms with Gasteiger partial charge in [0, 0.05) is 13.0 Å². The van der Waals surface area contributed by atoms with Gasteiger partial charge in [0.1, 0.15) is 5.69 Å². The molecule has 0 radical (unpaired) electrons. The fourth-order valence-electron chi connectivity index (χ4n) is 0.915. The molecule has 1 aromatic carbocycles. The number of carbonyl (C=O) groups is 1. The highest BCUT2D eigenvalue weighted by molar-refractivity contribution is 6.82. The van der Waals surface area contributed by atoms with E-state index in [1.54, 1.807) is 6.07 Å². The third-order valence-electron chi connectivity index (χ3n) is 1.67. The Morgan fingerprint density at radius 3 is 2.69 bits per heavy atom. The molecule has 0 saturated heterocycles. The van der Waals surface area contributed by atoms with Gasteiger partial charge in [-0.2, -0.15) is 5.10 Å². The average molecular weight is 242 g/mol. The van der Waals surface area contributed by atoms with E-state index in [1.165, 1.54) is 25.1 Å². The van der Waals surface area contributed by atoms with E-state index < -0.39 is 10.7 Å². The molecule has 0 spiro atoms. The predicted molar refractivity (Wildman–Crippen MR) is 60.7 cm³/mol. The monoisotopic (exact) mass is 241 g/mol. The summed E-state index contributed by atoms with van der Waals surface area (Å²) in [5, 5.41) is 13.9. The maximum atomic E-state index is 10.7. The highest BCUT2D eigenvalue weighted by atomic mass is 35.5. The van der Waals surface area contributed by atoms with E-state index in [1.807, 2.05) is 0 Å². The lowest BCUT2D eigenvalue weighted by Crippen LogP contribution is -2.05. The minimum Gasteiger partial charge on any atom is -0.292 e. The molecule has 0 saturated carbocycles. The van der Waals surface area contributed by atoms with Gasteiger partial charge in [0.25, 0.3) is 5.69 Å². The Morgan fingerprint density at radius 1 is 1.50 bits per heavy atom. The number of nitro benzene ring substituents is 1. The average Bonchev–Trinajstić information content (AvgIpc) is 2.25. The van der Waals surface area contributed by atoms with E-state index in [2.05, 4.69) is 10.5 Å². The number of hydrazone groups is 1. The Morgan fingerprint density at radius 2 is 2.12 bits per heavy atom. The summed E-state index contributed by atoms with van der Waals surface area (Å²) in [6.07, 6.45) is 0. The SMILES string of the molecule is CC(=O)/C(Cl)=N\Nc1ccccc1[N+](=O)[O-]. The van der Waals surface area contributed by atoms with Crippen molar-refractivity contribution in [2.45, 2.75) is 6.92 Å². The van der Waals surface area contributed by atoms with Crippen LogP contribution in [0.2, 0.25) is 0 Å². The molecule has 0 aliphatic rings. The minimum atomic E-state index is -0.556. The Hall–Kier alpha value is -1.95. The second-order valence-corrected chi connectivity index (χ2v) is 3.20. The second-order valence-electron chi connectivity index (χ2n) is 2.84. The second kappa shape index (κ2) is 5.22. The molecular formula is C9H8ClN3O3. The summed E-state index contributed by atoms with van der Waals surface area (Å²) in [5.74, 6) is -0.423. The topological polar surface area (TPSA) is 84.6 Å². The summed E-state index contributed by atoms with van der Waals surface area (Å²) >= 11 is 5.47. The van der Waals surface area contributed by atoms with Crippen LogP contribution in [0.15, 0.2) is 29.4 Å². The number of Topliss-reactive ketones (excluding diaryl/α,β-unsaturated/α-hetero) is 1. The minimum absolute atomic E-state index is 0.140. The zero-order valence-electron chi connectivity index (χ0n) is 8.31. The molecule has 1 rings (SSSR count). The Bertz CT molecular complexity index is 459. The summed E-state index contributed by atoms with van der Waals surface area (Å²) in [7, 11) is 0. The first-order valence-electron chi connectivity index (χ1n) is 4.26. The van der Waals surface area contributed by atoms with Crippen LogP contribution in [0.3, 0.4) is 0 Å². The van der Waals surface area contributed by atoms with E-state index in [0.717, 1.165) is 0 Å². The van der Waals surface area contributed by atoms with E-state index in [-0.39, 0.29) is 16.5 Å². The molecule has 0 heterocycles. The molecule has 0 bridgehead atoms. The Labute approximate surface area is 96.1 Å². The number of carbonyl (C=O) groups excluding carboxylic acids is 1. The number of benzene rings is 1. The molecule has 16 heavy (non-hydrogen) atoms. The van der Waals surface area contributed by atoms with Crippen LogP contribution in [0.5, 0.6) is 0 Å². The van der Waals surface area contributed by atoms with Crippen molar-refractivity contribution < 1.29 is 9.72 Å². The van der Waals surface area contributed by atoms with Crippen molar-refractivity contribution in [3.8, 4) is 0 Å². The van der Waals surface area contributed by atoms with Crippen LogP contribution < -0.4 is 5.43 Å². The van der Waals surface area contributed by atoms with Crippen LogP contribution in [0.4, 0.5) is 11.4 Å². The number of para-hydroxylation sites is 2. The number of nitrogens with zero attached hydrogens (tertiary/aromatic N) is 2. The number of anilines is 1. The predicted octanol–water partition coefficient (Wildman–Crippen LogP) is 2.15. The van der Waals surface area contributed by atoms with Gasteiger partial charge in [-0.05, 0) is 6.07 Å². The van der Waals surface area contributed by atoms with Crippen LogP contribution in [0.25, 0.3) is 0 Å². The van der Waals surface area contributed by atoms with Crippen LogP contribution >= 0.6 is 11.6 Å². The van der Waals surface area contributed by atoms with Gasteiger partial charge in [-0.1, -0.05) is 23.7 Å². The van der Waals surface area contributed by atoms with Gasteiger partial charge < -0.3 is 0 Å². The Kier molecular flexibility index (Phi) is 3.96. The zero-order valence-corrected chi connectivity index (χ0v) is 9.06. The van der Waals surface area contributed by atoms with Crippen molar-refractivity contribution in [1.29, 1.82) is 0 Å². The molecule has 0 atom stereocenters. The van der Waals surface area contributed by atoms with Crippen LogP contribution in [0.1, 0.15) is 6.92 Å². The fourth-order valence-corrected chi connectivity index (χ4v) is 0.958. The molecule has 1 aromatic rings. The molecule has 6 nitrogen and oxygen atoms in total. The molecule has 0 fully saturated rings. The van der Waals surface area contributed by atoms with E-state index >= 15 is 0 Å². The number of hydrogen-bond acceptors (Lipinski definition) is 5. The summed E-state index contributed by atoms with van der Waals surface area (Å²) < 4.78 is 0. The molecule has 0 aromatic heterocycles. The highest BCUT2D eigenvalue weighted by Crippen LogP contribution is 2.22. The van der Waals surface area contributed by atoms with Gasteiger partial charge in [-0.3, -0.25) is 20.3 Å². The summed E-state index contributed by atoms with van der Waals surface area (Å²) in [4.78, 5) is 20.8. The smallest absolute Gasteiger partial charge is 0.292 e. The van der Waals surface area contributed by atoms with Crippen molar-refractivity contribution in [3.05, 3.63) is 34.4 Å². The maximum Gasteiger partial charge on any atom is 0.294 e. The molecule has 0 aliphatic carbocycles. The number of ketones is 1. The number of rotatable bonds is 4. The number of nitrogens with one attached hydrogen (secondary N) is 1. The van der Waals surface area contributed by atoms with Crippen molar-refractivity contribution in [1.82, 2.24) is 0 Å². The lowest BCUT2D eigenvalue weighted by molar-refractivity contribution is -0.384. The van der Waals surface area contributed by atoms with E-state index in [9.17, 15) is 14.9 Å². The first-order valence-corrected chi connectivity index (χ1v) is 4.63. The third kappa shape index (κ3) is 3.03. The van der Waals surface area contributed by atoms with Crippen LogP contribution in [0, 0.1) is 10.1 Å². The highest BCUT2D eigenvalue weighted by Gasteiger charge is 2.11. The molecular weight excluding hydrogens is 234 g/mol. The number of hydrogen-bond donors (Lipinski definition) is 1. The summed E-state index contributed by atoms with van der Waals surface area (Å²) in [6, 6.07) is 5.91. The van der Waals surface area contributed by atoms with Gasteiger partial charge in [0.05, 0.1) is 4.92 Å².